The van der Waals surface area contributed by atoms with Crippen molar-refractivity contribution in [3.8, 4) is 0 Å². The first-order valence-electron chi connectivity index (χ1n) is 5.71. The molecular formula is C12H21BrO. The topological polar surface area (TPSA) is 9.23 Å². The van der Waals surface area contributed by atoms with Gasteiger partial charge < -0.3 is 4.74 Å². The SMILES string of the molecule is CC(C)OC1CCCCCC/C=C/1Br. The van der Waals surface area contributed by atoms with Crippen LogP contribution in [0.15, 0.2) is 10.6 Å². The lowest BCUT2D eigenvalue weighted by atomic mass is 10.1. The molecule has 0 amide bonds. The van der Waals surface area contributed by atoms with E-state index in [1.807, 2.05) is 0 Å². The summed E-state index contributed by atoms with van der Waals surface area (Å²) in [6, 6.07) is 0. The predicted molar refractivity (Wildman–Crippen MR) is 64.7 cm³/mol. The van der Waals surface area contributed by atoms with Gasteiger partial charge in [-0.05, 0) is 33.1 Å². The van der Waals surface area contributed by atoms with Gasteiger partial charge in [0.15, 0.2) is 0 Å². The van der Waals surface area contributed by atoms with Crippen LogP contribution in [-0.4, -0.2) is 12.2 Å². The van der Waals surface area contributed by atoms with E-state index >= 15 is 0 Å². The highest BCUT2D eigenvalue weighted by Gasteiger charge is 2.14. The summed E-state index contributed by atoms with van der Waals surface area (Å²) in [7, 11) is 0. The fraction of sp³-hybridized carbons (Fsp3) is 0.833. The summed E-state index contributed by atoms with van der Waals surface area (Å²) in [6.45, 7) is 4.21. The van der Waals surface area contributed by atoms with E-state index < -0.39 is 0 Å². The molecule has 0 spiro atoms. The molecule has 0 saturated carbocycles. The minimum Gasteiger partial charge on any atom is -0.370 e. The van der Waals surface area contributed by atoms with Gasteiger partial charge in [-0.15, -0.1) is 0 Å². The maximum absolute atomic E-state index is 5.88. The molecule has 2 heteroatoms. The summed E-state index contributed by atoms with van der Waals surface area (Å²) < 4.78 is 7.14. The zero-order valence-electron chi connectivity index (χ0n) is 9.26. The van der Waals surface area contributed by atoms with Crippen molar-refractivity contribution in [2.24, 2.45) is 0 Å². The first kappa shape index (κ1) is 12.3. The van der Waals surface area contributed by atoms with E-state index in [0.29, 0.717) is 12.2 Å². The summed E-state index contributed by atoms with van der Waals surface area (Å²) in [5, 5.41) is 0. The molecule has 1 rings (SSSR count). The van der Waals surface area contributed by atoms with E-state index in [0.717, 1.165) is 6.42 Å². The minimum absolute atomic E-state index is 0.299. The van der Waals surface area contributed by atoms with E-state index in [2.05, 4.69) is 35.9 Å². The monoisotopic (exact) mass is 260 g/mol. The normalized spacial score (nSPS) is 28.9. The highest BCUT2D eigenvalue weighted by Crippen LogP contribution is 2.24. The van der Waals surface area contributed by atoms with Crippen LogP contribution in [0, 0.1) is 0 Å². The quantitative estimate of drug-likeness (QED) is 0.715. The van der Waals surface area contributed by atoms with Gasteiger partial charge in [0.2, 0.25) is 0 Å². The summed E-state index contributed by atoms with van der Waals surface area (Å²) in [5.41, 5.74) is 0. The molecule has 82 valence electrons. The molecule has 0 N–H and O–H groups in total. The molecule has 14 heavy (non-hydrogen) atoms. The Morgan fingerprint density at radius 1 is 1.29 bits per heavy atom. The highest BCUT2D eigenvalue weighted by molar-refractivity contribution is 9.11. The first-order valence-corrected chi connectivity index (χ1v) is 6.50. The van der Waals surface area contributed by atoms with Crippen LogP contribution < -0.4 is 0 Å². The maximum atomic E-state index is 5.88. The second-order valence-corrected chi connectivity index (χ2v) is 5.17. The second kappa shape index (κ2) is 6.62. The Hall–Kier alpha value is 0.180. The van der Waals surface area contributed by atoms with Gasteiger partial charge in [0, 0.05) is 4.48 Å². The van der Waals surface area contributed by atoms with Crippen molar-refractivity contribution in [2.45, 2.75) is 64.6 Å². The average molecular weight is 261 g/mol. The van der Waals surface area contributed by atoms with Gasteiger partial charge in [-0.3, -0.25) is 0 Å². The van der Waals surface area contributed by atoms with Gasteiger partial charge in [0.1, 0.15) is 0 Å². The Balaban J connectivity index is 2.52. The Bertz CT molecular complexity index is 187. The predicted octanol–water partition coefficient (Wildman–Crippen LogP) is 4.41. The largest absolute Gasteiger partial charge is 0.370 e. The molecule has 1 unspecified atom stereocenters. The van der Waals surface area contributed by atoms with Crippen LogP contribution in [0.25, 0.3) is 0 Å². The lowest BCUT2D eigenvalue weighted by Crippen LogP contribution is -2.18. The Morgan fingerprint density at radius 2 is 2.00 bits per heavy atom. The van der Waals surface area contributed by atoms with Crippen molar-refractivity contribution in [3.63, 3.8) is 0 Å². The zero-order valence-corrected chi connectivity index (χ0v) is 10.8. The molecular weight excluding hydrogens is 240 g/mol. The molecule has 0 aromatic heterocycles. The molecule has 0 aliphatic heterocycles. The molecule has 0 radical (unpaired) electrons. The molecule has 0 aromatic rings. The number of allylic oxidation sites excluding steroid dienone is 1. The molecule has 1 aliphatic rings. The van der Waals surface area contributed by atoms with Crippen molar-refractivity contribution in [3.05, 3.63) is 10.6 Å². The fourth-order valence-electron chi connectivity index (χ4n) is 1.80. The second-order valence-electron chi connectivity index (χ2n) is 4.25. The number of rotatable bonds is 2. The third kappa shape index (κ3) is 4.61. The average Bonchev–Trinajstić information content (AvgIpc) is 2.20. The van der Waals surface area contributed by atoms with Crippen LogP contribution in [0.1, 0.15) is 52.4 Å². The van der Waals surface area contributed by atoms with Crippen molar-refractivity contribution in [1.29, 1.82) is 0 Å². The lowest BCUT2D eigenvalue weighted by molar-refractivity contribution is 0.0282. The van der Waals surface area contributed by atoms with Gasteiger partial charge in [-0.2, -0.15) is 0 Å². The van der Waals surface area contributed by atoms with E-state index in [4.69, 9.17) is 4.74 Å². The van der Waals surface area contributed by atoms with Crippen LogP contribution >= 0.6 is 15.9 Å². The Morgan fingerprint density at radius 3 is 2.71 bits per heavy atom. The van der Waals surface area contributed by atoms with Crippen molar-refractivity contribution < 1.29 is 4.74 Å². The number of hydrogen-bond donors (Lipinski definition) is 0. The van der Waals surface area contributed by atoms with Gasteiger partial charge in [0.05, 0.1) is 12.2 Å². The van der Waals surface area contributed by atoms with Crippen molar-refractivity contribution in [2.75, 3.05) is 0 Å². The maximum Gasteiger partial charge on any atom is 0.0889 e. The minimum atomic E-state index is 0.299. The standard InChI is InChI=1S/C12H21BrO/c1-10(2)14-12-9-7-5-3-4-6-8-11(12)13/h8,10,12H,3-7,9H2,1-2H3/b11-8-. The highest BCUT2D eigenvalue weighted by atomic mass is 79.9. The molecule has 0 fully saturated rings. The molecule has 0 heterocycles. The third-order valence-electron chi connectivity index (χ3n) is 2.50. The van der Waals surface area contributed by atoms with E-state index in [1.165, 1.54) is 36.6 Å². The van der Waals surface area contributed by atoms with Crippen LogP contribution in [0.4, 0.5) is 0 Å². The fourth-order valence-corrected chi connectivity index (χ4v) is 2.36. The molecule has 1 nitrogen and oxygen atoms in total. The van der Waals surface area contributed by atoms with Crippen LogP contribution in [0.5, 0.6) is 0 Å². The van der Waals surface area contributed by atoms with Crippen molar-refractivity contribution >= 4 is 15.9 Å². The first-order chi connectivity index (χ1) is 6.70. The molecule has 0 bridgehead atoms. The van der Waals surface area contributed by atoms with E-state index in [9.17, 15) is 0 Å². The number of hydrogen-bond acceptors (Lipinski definition) is 1. The summed E-state index contributed by atoms with van der Waals surface area (Å²) >= 11 is 3.64. The molecule has 1 atom stereocenters. The summed E-state index contributed by atoms with van der Waals surface area (Å²) in [6.07, 6.45) is 10.6. The van der Waals surface area contributed by atoms with Gasteiger partial charge in [0.25, 0.3) is 0 Å². The van der Waals surface area contributed by atoms with E-state index in [1.54, 1.807) is 0 Å². The Kier molecular flexibility index (Phi) is 5.80. The van der Waals surface area contributed by atoms with Gasteiger partial charge in [-0.25, -0.2) is 0 Å². The lowest BCUT2D eigenvalue weighted by Gasteiger charge is -2.19. The number of ether oxygens (including phenoxy) is 1. The van der Waals surface area contributed by atoms with Crippen LogP contribution in [0.3, 0.4) is 0 Å². The third-order valence-corrected chi connectivity index (χ3v) is 3.34. The molecule has 1 aliphatic carbocycles. The molecule has 0 aromatic carbocycles. The zero-order chi connectivity index (χ0) is 10.4. The smallest absolute Gasteiger partial charge is 0.0889 e. The van der Waals surface area contributed by atoms with E-state index in [-0.39, 0.29) is 0 Å². The Labute approximate surface area is 96.0 Å². The van der Waals surface area contributed by atoms with Gasteiger partial charge in [-0.1, -0.05) is 41.3 Å². The molecule has 0 saturated heterocycles. The van der Waals surface area contributed by atoms with Crippen LogP contribution in [-0.2, 0) is 4.74 Å². The summed E-state index contributed by atoms with van der Waals surface area (Å²) in [4.78, 5) is 0. The summed E-state index contributed by atoms with van der Waals surface area (Å²) in [5.74, 6) is 0. The van der Waals surface area contributed by atoms with Crippen LogP contribution in [0.2, 0.25) is 0 Å². The van der Waals surface area contributed by atoms with Gasteiger partial charge >= 0.3 is 0 Å². The van der Waals surface area contributed by atoms with Crippen molar-refractivity contribution in [1.82, 2.24) is 0 Å². The number of halogens is 1.